The summed E-state index contributed by atoms with van der Waals surface area (Å²) in [7, 11) is -3.67. The van der Waals surface area contributed by atoms with Crippen molar-refractivity contribution in [3.63, 3.8) is 0 Å². The Morgan fingerprint density at radius 3 is 2.07 bits per heavy atom. The van der Waals surface area contributed by atoms with Crippen LogP contribution in [0, 0.1) is 0 Å². The molecule has 0 fully saturated rings. The number of aliphatic hydroxyl groups excluding tert-OH is 1. The van der Waals surface area contributed by atoms with E-state index in [1.54, 1.807) is 31.2 Å². The molecule has 1 aromatic carbocycles. The van der Waals surface area contributed by atoms with Gasteiger partial charge in [-0.1, -0.05) is 12.1 Å². The lowest BCUT2D eigenvalue weighted by Gasteiger charge is -2.02. The zero-order valence-electron chi connectivity index (χ0n) is 8.45. The molecule has 1 unspecified atom stereocenters. The average Bonchev–Trinajstić information content (AvgIpc) is 2.00. The van der Waals surface area contributed by atoms with Crippen LogP contribution in [0.4, 0.5) is 0 Å². The van der Waals surface area contributed by atoms with E-state index in [1.807, 2.05) is 0 Å². The van der Waals surface area contributed by atoms with Gasteiger partial charge in [-0.25, -0.2) is 0 Å². The van der Waals surface area contributed by atoms with Crippen LogP contribution in [0.3, 0.4) is 0 Å². The first-order valence-electron chi connectivity index (χ1n) is 4.09. The molecule has 0 spiro atoms. The van der Waals surface area contributed by atoms with Crippen molar-refractivity contribution < 1.29 is 23.2 Å². The van der Waals surface area contributed by atoms with E-state index < -0.39 is 16.2 Å². The molecule has 0 amide bonds. The van der Waals surface area contributed by atoms with E-state index in [1.165, 1.54) is 0 Å². The Hall–Kier alpha value is -1.11. The highest BCUT2D eigenvalue weighted by atomic mass is 32.2. The molecule has 5 nitrogen and oxygen atoms in total. The third-order valence-corrected chi connectivity index (χ3v) is 1.35. The van der Waals surface area contributed by atoms with Gasteiger partial charge in [0.15, 0.2) is 0 Å². The number of benzene rings is 1. The van der Waals surface area contributed by atoms with Crippen LogP contribution in [0.2, 0.25) is 0 Å². The predicted octanol–water partition coefficient (Wildman–Crippen LogP) is 0.950. The Balaban J connectivity index is 0.000000336. The highest BCUT2D eigenvalue weighted by molar-refractivity contribution is 7.85. The SMILES string of the molecule is CC(O)c1cccc(O)c1.CS(=O)(=O)O. The van der Waals surface area contributed by atoms with Crippen LogP contribution >= 0.6 is 0 Å². The van der Waals surface area contributed by atoms with Gasteiger partial charge in [-0.2, -0.15) is 8.42 Å². The van der Waals surface area contributed by atoms with E-state index in [9.17, 15) is 8.42 Å². The van der Waals surface area contributed by atoms with E-state index in [-0.39, 0.29) is 5.75 Å². The van der Waals surface area contributed by atoms with Gasteiger partial charge < -0.3 is 10.2 Å². The highest BCUT2D eigenvalue weighted by Crippen LogP contribution is 2.16. The third kappa shape index (κ3) is 9.20. The molecule has 0 heterocycles. The molecule has 0 saturated carbocycles. The van der Waals surface area contributed by atoms with Crippen molar-refractivity contribution >= 4 is 10.1 Å². The van der Waals surface area contributed by atoms with E-state index in [4.69, 9.17) is 14.8 Å². The van der Waals surface area contributed by atoms with Crippen LogP contribution in [0.15, 0.2) is 24.3 Å². The Bertz CT molecular complexity index is 389. The summed E-state index contributed by atoms with van der Waals surface area (Å²) in [5, 5.41) is 18.0. The monoisotopic (exact) mass is 234 g/mol. The Morgan fingerprint density at radius 2 is 1.80 bits per heavy atom. The van der Waals surface area contributed by atoms with Gasteiger partial charge in [-0.15, -0.1) is 0 Å². The summed E-state index contributed by atoms with van der Waals surface area (Å²) in [4.78, 5) is 0. The molecular formula is C9H14O5S. The van der Waals surface area contributed by atoms with Gasteiger partial charge >= 0.3 is 0 Å². The van der Waals surface area contributed by atoms with Crippen molar-refractivity contribution in [2.24, 2.45) is 0 Å². The zero-order chi connectivity index (χ0) is 12.1. The third-order valence-electron chi connectivity index (χ3n) is 1.35. The Labute approximate surface area is 88.7 Å². The van der Waals surface area contributed by atoms with Crippen LogP contribution in [0.1, 0.15) is 18.6 Å². The summed E-state index contributed by atoms with van der Waals surface area (Å²) in [5.41, 5.74) is 0.736. The van der Waals surface area contributed by atoms with Crippen LogP contribution in [0.5, 0.6) is 5.75 Å². The number of phenols is 1. The molecule has 0 aliphatic heterocycles. The number of aliphatic hydroxyl groups is 1. The molecule has 1 atom stereocenters. The standard InChI is InChI=1S/C8H10O2.CH4O3S/c1-6(9)7-3-2-4-8(10)5-7;1-5(2,3)4/h2-6,9-10H,1H3;1H3,(H,2,3,4). The molecule has 0 aliphatic rings. The molecule has 0 radical (unpaired) electrons. The van der Waals surface area contributed by atoms with Gasteiger partial charge in [0, 0.05) is 0 Å². The van der Waals surface area contributed by atoms with Crippen molar-refractivity contribution in [3.05, 3.63) is 29.8 Å². The highest BCUT2D eigenvalue weighted by Gasteiger charge is 1.98. The minimum absolute atomic E-state index is 0.193. The molecule has 15 heavy (non-hydrogen) atoms. The molecule has 0 aromatic heterocycles. The second-order valence-electron chi connectivity index (χ2n) is 3.00. The lowest BCUT2D eigenvalue weighted by Crippen LogP contribution is -1.88. The minimum atomic E-state index is -3.67. The summed E-state index contributed by atoms with van der Waals surface area (Å²) in [5.74, 6) is 0.193. The smallest absolute Gasteiger partial charge is 0.261 e. The normalized spacial score (nSPS) is 12.5. The van der Waals surface area contributed by atoms with Gasteiger partial charge in [0.25, 0.3) is 10.1 Å². The van der Waals surface area contributed by atoms with Crippen LogP contribution < -0.4 is 0 Å². The Morgan fingerprint density at radius 1 is 1.33 bits per heavy atom. The van der Waals surface area contributed by atoms with Crippen molar-refractivity contribution in [3.8, 4) is 5.75 Å². The average molecular weight is 234 g/mol. The lowest BCUT2D eigenvalue weighted by molar-refractivity contribution is 0.199. The number of rotatable bonds is 1. The maximum atomic E-state index is 9.19. The molecule has 86 valence electrons. The lowest BCUT2D eigenvalue weighted by atomic mass is 10.1. The van der Waals surface area contributed by atoms with Gasteiger partial charge in [0.2, 0.25) is 0 Å². The van der Waals surface area contributed by atoms with Crippen LogP contribution in [0.25, 0.3) is 0 Å². The first-order chi connectivity index (χ1) is 6.70. The number of hydrogen-bond acceptors (Lipinski definition) is 4. The molecular weight excluding hydrogens is 220 g/mol. The predicted molar refractivity (Wildman–Crippen MR) is 56.2 cm³/mol. The molecule has 0 bridgehead atoms. The van der Waals surface area contributed by atoms with E-state index >= 15 is 0 Å². The number of phenolic OH excluding ortho intramolecular Hbond substituents is 1. The van der Waals surface area contributed by atoms with E-state index in [0.29, 0.717) is 6.26 Å². The van der Waals surface area contributed by atoms with Crippen LogP contribution in [-0.2, 0) is 10.1 Å². The zero-order valence-corrected chi connectivity index (χ0v) is 9.27. The van der Waals surface area contributed by atoms with Gasteiger partial charge in [-0.3, -0.25) is 4.55 Å². The maximum Gasteiger partial charge on any atom is 0.261 e. The quantitative estimate of drug-likeness (QED) is 0.629. The molecule has 0 aliphatic carbocycles. The largest absolute Gasteiger partial charge is 0.508 e. The van der Waals surface area contributed by atoms with Crippen LogP contribution in [-0.4, -0.2) is 29.4 Å². The van der Waals surface area contributed by atoms with E-state index in [0.717, 1.165) is 5.56 Å². The van der Waals surface area contributed by atoms with E-state index in [2.05, 4.69) is 0 Å². The van der Waals surface area contributed by atoms with Crippen molar-refractivity contribution in [2.45, 2.75) is 13.0 Å². The van der Waals surface area contributed by atoms with Gasteiger partial charge in [-0.05, 0) is 24.6 Å². The fourth-order valence-electron chi connectivity index (χ4n) is 0.785. The molecule has 3 N–H and O–H groups in total. The second kappa shape index (κ2) is 5.69. The fraction of sp³-hybridized carbons (Fsp3) is 0.333. The minimum Gasteiger partial charge on any atom is -0.508 e. The van der Waals surface area contributed by atoms with Crippen molar-refractivity contribution in [1.29, 1.82) is 0 Å². The summed E-state index contributed by atoms with van der Waals surface area (Å²) in [6.07, 6.45) is 0.208. The number of hydrogen-bond donors (Lipinski definition) is 3. The maximum absolute atomic E-state index is 9.19. The van der Waals surface area contributed by atoms with Crippen molar-refractivity contribution in [2.75, 3.05) is 6.26 Å². The topological polar surface area (TPSA) is 94.8 Å². The molecule has 1 aromatic rings. The molecule has 1 rings (SSSR count). The van der Waals surface area contributed by atoms with Crippen molar-refractivity contribution in [1.82, 2.24) is 0 Å². The molecule has 6 heteroatoms. The second-order valence-corrected chi connectivity index (χ2v) is 4.47. The summed E-state index contributed by atoms with van der Waals surface area (Å²) < 4.78 is 25.9. The first kappa shape index (κ1) is 13.9. The van der Waals surface area contributed by atoms with Gasteiger partial charge in [0.1, 0.15) is 5.75 Å². The summed E-state index contributed by atoms with van der Waals surface area (Å²) in [6.45, 7) is 1.66. The van der Waals surface area contributed by atoms with Gasteiger partial charge in [0.05, 0.1) is 12.4 Å². The number of aromatic hydroxyl groups is 1. The summed E-state index contributed by atoms with van der Waals surface area (Å²) >= 11 is 0. The first-order valence-corrected chi connectivity index (χ1v) is 5.94. The fourth-order valence-corrected chi connectivity index (χ4v) is 0.785. The Kier molecular flexibility index (Phi) is 5.27. The summed E-state index contributed by atoms with van der Waals surface area (Å²) in [6, 6.07) is 6.60. The molecule has 0 saturated heterocycles.